The van der Waals surface area contributed by atoms with E-state index in [1.807, 2.05) is 30.3 Å². The molecule has 0 unspecified atom stereocenters. The molecular formula is C21H20F3N3O. The SMILES string of the molecule is N#Cc1ccc(N(Cc2ccccc2)C(=O)CNCC2CC2)cc1C(F)(F)F. The number of hydrogen-bond donors (Lipinski definition) is 1. The van der Waals surface area contributed by atoms with Crippen LogP contribution in [0.1, 0.15) is 29.5 Å². The predicted octanol–water partition coefficient (Wildman–Crippen LogP) is 4.11. The fourth-order valence-electron chi connectivity index (χ4n) is 2.92. The first-order valence-corrected chi connectivity index (χ1v) is 9.05. The van der Waals surface area contributed by atoms with E-state index in [0.29, 0.717) is 5.92 Å². The molecule has 0 radical (unpaired) electrons. The van der Waals surface area contributed by atoms with Gasteiger partial charge < -0.3 is 10.2 Å². The van der Waals surface area contributed by atoms with Gasteiger partial charge in [0.15, 0.2) is 0 Å². The van der Waals surface area contributed by atoms with Crippen LogP contribution in [-0.2, 0) is 17.5 Å². The van der Waals surface area contributed by atoms with E-state index in [-0.39, 0.29) is 24.7 Å². The van der Waals surface area contributed by atoms with E-state index in [1.54, 1.807) is 6.07 Å². The molecular weight excluding hydrogens is 367 g/mol. The lowest BCUT2D eigenvalue weighted by atomic mass is 10.1. The average molecular weight is 387 g/mol. The molecule has 1 saturated carbocycles. The zero-order valence-corrected chi connectivity index (χ0v) is 15.2. The molecule has 2 aromatic rings. The summed E-state index contributed by atoms with van der Waals surface area (Å²) < 4.78 is 40.0. The molecule has 146 valence electrons. The van der Waals surface area contributed by atoms with Gasteiger partial charge in [0.2, 0.25) is 5.91 Å². The monoisotopic (exact) mass is 387 g/mol. The van der Waals surface area contributed by atoms with Crippen LogP contribution in [0.4, 0.5) is 18.9 Å². The largest absolute Gasteiger partial charge is 0.417 e. The number of halogens is 3. The second-order valence-electron chi connectivity index (χ2n) is 6.88. The van der Waals surface area contributed by atoms with Gasteiger partial charge >= 0.3 is 6.18 Å². The normalized spacial score (nSPS) is 13.8. The van der Waals surface area contributed by atoms with Crippen molar-refractivity contribution in [3.63, 3.8) is 0 Å². The summed E-state index contributed by atoms with van der Waals surface area (Å²) in [6, 6.07) is 14.0. The number of carbonyl (C=O) groups is 1. The summed E-state index contributed by atoms with van der Waals surface area (Å²) in [6.45, 7) is 0.921. The summed E-state index contributed by atoms with van der Waals surface area (Å²) in [5, 5.41) is 12.1. The number of nitriles is 1. The molecule has 4 nitrogen and oxygen atoms in total. The van der Waals surface area contributed by atoms with Crippen molar-refractivity contribution >= 4 is 11.6 Å². The lowest BCUT2D eigenvalue weighted by Gasteiger charge is -2.24. The summed E-state index contributed by atoms with van der Waals surface area (Å²) >= 11 is 0. The molecule has 0 saturated heterocycles. The summed E-state index contributed by atoms with van der Waals surface area (Å²) in [6.07, 6.45) is -2.40. The molecule has 1 N–H and O–H groups in total. The molecule has 0 bridgehead atoms. The molecule has 0 atom stereocenters. The van der Waals surface area contributed by atoms with Crippen molar-refractivity contribution in [3.05, 3.63) is 65.2 Å². The maximum Gasteiger partial charge on any atom is 0.417 e. The van der Waals surface area contributed by atoms with Gasteiger partial charge in [0.1, 0.15) is 0 Å². The standard InChI is InChI=1S/C21H20F3N3O/c22-21(23,24)19-10-18(9-8-17(19)11-25)27(14-16-4-2-1-3-5-16)20(28)13-26-12-15-6-7-15/h1-5,8-10,15,26H,6-7,12-14H2. The molecule has 1 aliphatic carbocycles. The average Bonchev–Trinajstić information content (AvgIpc) is 3.50. The third-order valence-electron chi connectivity index (χ3n) is 4.63. The van der Waals surface area contributed by atoms with Crippen molar-refractivity contribution in [2.24, 2.45) is 5.92 Å². The van der Waals surface area contributed by atoms with Gasteiger partial charge in [-0.1, -0.05) is 30.3 Å². The summed E-state index contributed by atoms with van der Waals surface area (Å²) in [7, 11) is 0. The number of anilines is 1. The second-order valence-corrected chi connectivity index (χ2v) is 6.88. The third-order valence-corrected chi connectivity index (χ3v) is 4.63. The van der Waals surface area contributed by atoms with E-state index in [9.17, 15) is 18.0 Å². The Morgan fingerprint density at radius 3 is 2.50 bits per heavy atom. The van der Waals surface area contributed by atoms with Crippen LogP contribution in [-0.4, -0.2) is 19.0 Å². The van der Waals surface area contributed by atoms with Crippen molar-refractivity contribution < 1.29 is 18.0 Å². The Morgan fingerprint density at radius 2 is 1.89 bits per heavy atom. The van der Waals surface area contributed by atoms with Gasteiger partial charge in [-0.25, -0.2) is 0 Å². The van der Waals surface area contributed by atoms with Crippen LogP contribution < -0.4 is 10.2 Å². The number of alkyl halides is 3. The molecule has 1 aliphatic rings. The highest BCUT2D eigenvalue weighted by atomic mass is 19.4. The van der Waals surface area contributed by atoms with E-state index in [4.69, 9.17) is 5.26 Å². The fraction of sp³-hybridized carbons (Fsp3) is 0.333. The van der Waals surface area contributed by atoms with Crippen molar-refractivity contribution in [1.29, 1.82) is 5.26 Å². The Balaban J connectivity index is 1.88. The number of nitrogens with zero attached hydrogens (tertiary/aromatic N) is 2. The van der Waals surface area contributed by atoms with E-state index in [1.165, 1.54) is 11.0 Å². The van der Waals surface area contributed by atoms with E-state index < -0.39 is 17.3 Å². The van der Waals surface area contributed by atoms with Crippen molar-refractivity contribution in [2.45, 2.75) is 25.6 Å². The number of carbonyl (C=O) groups excluding carboxylic acids is 1. The highest BCUT2D eigenvalue weighted by Gasteiger charge is 2.34. The van der Waals surface area contributed by atoms with Crippen LogP contribution >= 0.6 is 0 Å². The molecule has 1 amide bonds. The first-order valence-electron chi connectivity index (χ1n) is 9.05. The Hall–Kier alpha value is -2.85. The minimum atomic E-state index is -4.67. The summed E-state index contributed by atoms with van der Waals surface area (Å²) in [5.74, 6) is 0.268. The van der Waals surface area contributed by atoms with Crippen LogP contribution in [0.15, 0.2) is 48.5 Å². The Labute approximate surface area is 161 Å². The first-order chi connectivity index (χ1) is 13.4. The molecule has 3 rings (SSSR count). The molecule has 2 aromatic carbocycles. The second kappa shape index (κ2) is 8.44. The zero-order chi connectivity index (χ0) is 20.1. The Kier molecular flexibility index (Phi) is 6.00. The van der Waals surface area contributed by atoms with Gasteiger partial charge in [-0.2, -0.15) is 18.4 Å². The van der Waals surface area contributed by atoms with Gasteiger partial charge in [0.25, 0.3) is 0 Å². The lowest BCUT2D eigenvalue weighted by molar-refractivity contribution is -0.137. The van der Waals surface area contributed by atoms with Crippen LogP contribution in [0, 0.1) is 17.2 Å². The predicted molar refractivity (Wildman–Crippen MR) is 99.4 cm³/mol. The molecule has 28 heavy (non-hydrogen) atoms. The number of hydrogen-bond acceptors (Lipinski definition) is 3. The number of benzene rings is 2. The highest BCUT2D eigenvalue weighted by molar-refractivity contribution is 5.95. The third kappa shape index (κ3) is 5.11. The van der Waals surface area contributed by atoms with Crippen LogP contribution in [0.3, 0.4) is 0 Å². The maximum atomic E-state index is 13.3. The molecule has 0 aromatic heterocycles. The van der Waals surface area contributed by atoms with Crippen molar-refractivity contribution in [3.8, 4) is 6.07 Å². The topological polar surface area (TPSA) is 56.1 Å². The van der Waals surface area contributed by atoms with Crippen LogP contribution in [0.5, 0.6) is 0 Å². The molecule has 1 fully saturated rings. The minimum Gasteiger partial charge on any atom is -0.308 e. The fourth-order valence-corrected chi connectivity index (χ4v) is 2.92. The number of amides is 1. The smallest absolute Gasteiger partial charge is 0.308 e. The van der Waals surface area contributed by atoms with Crippen LogP contribution in [0.2, 0.25) is 0 Å². The lowest BCUT2D eigenvalue weighted by Crippen LogP contribution is -2.38. The Morgan fingerprint density at radius 1 is 1.18 bits per heavy atom. The maximum absolute atomic E-state index is 13.3. The van der Waals surface area contributed by atoms with Crippen molar-refractivity contribution in [1.82, 2.24) is 5.32 Å². The van der Waals surface area contributed by atoms with E-state index in [0.717, 1.165) is 37.1 Å². The van der Waals surface area contributed by atoms with Gasteiger partial charge in [-0.15, -0.1) is 0 Å². The number of nitrogens with one attached hydrogen (secondary N) is 1. The Bertz CT molecular complexity index is 871. The molecule has 0 aliphatic heterocycles. The van der Waals surface area contributed by atoms with E-state index in [2.05, 4.69) is 5.32 Å². The molecule has 0 spiro atoms. The van der Waals surface area contributed by atoms with Gasteiger partial charge in [-0.05, 0) is 49.1 Å². The molecule has 7 heteroatoms. The van der Waals surface area contributed by atoms with Crippen molar-refractivity contribution in [2.75, 3.05) is 18.0 Å². The quantitative estimate of drug-likeness (QED) is 0.778. The number of rotatable bonds is 7. The minimum absolute atomic E-state index is 0.0463. The zero-order valence-electron chi connectivity index (χ0n) is 15.2. The highest BCUT2D eigenvalue weighted by Crippen LogP contribution is 2.35. The first kappa shape index (κ1) is 19.9. The summed E-state index contributed by atoms with van der Waals surface area (Å²) in [5.41, 5.74) is -0.580. The van der Waals surface area contributed by atoms with Gasteiger partial charge in [-0.3, -0.25) is 4.79 Å². The van der Waals surface area contributed by atoms with E-state index >= 15 is 0 Å². The molecule has 0 heterocycles. The van der Waals surface area contributed by atoms with Crippen LogP contribution in [0.25, 0.3) is 0 Å². The summed E-state index contributed by atoms with van der Waals surface area (Å²) in [4.78, 5) is 14.1. The van der Waals surface area contributed by atoms with Gasteiger partial charge in [0, 0.05) is 5.69 Å². The van der Waals surface area contributed by atoms with Gasteiger partial charge in [0.05, 0.1) is 30.3 Å².